The zero-order valence-corrected chi connectivity index (χ0v) is 22.8. The molecule has 11 heteroatoms. The number of ether oxygens (including phenoxy) is 1. The number of imidazole rings is 1. The van der Waals surface area contributed by atoms with E-state index in [2.05, 4.69) is 35.5 Å². The average Bonchev–Trinajstić information content (AvgIpc) is 3.65. The Morgan fingerprint density at radius 2 is 1.81 bits per heavy atom. The van der Waals surface area contributed by atoms with E-state index in [4.69, 9.17) is 9.72 Å². The lowest BCUT2D eigenvalue weighted by Crippen LogP contribution is -2.24. The summed E-state index contributed by atoms with van der Waals surface area (Å²) in [6, 6.07) is 8.30. The molecule has 5 aromatic heterocycles. The van der Waals surface area contributed by atoms with Gasteiger partial charge in [0.15, 0.2) is 5.82 Å². The predicted molar refractivity (Wildman–Crippen MR) is 157 cm³/mol. The number of carbonyl (C=O) groups is 1. The fourth-order valence-electron chi connectivity index (χ4n) is 5.61. The molecule has 42 heavy (non-hydrogen) atoms. The van der Waals surface area contributed by atoms with Crippen LogP contribution in [0.1, 0.15) is 32.1 Å². The van der Waals surface area contributed by atoms with Crippen molar-refractivity contribution in [3.8, 4) is 39.7 Å². The molecule has 1 aliphatic rings. The Morgan fingerprint density at radius 1 is 0.952 bits per heavy atom. The highest BCUT2D eigenvalue weighted by atomic mass is 19.1. The van der Waals surface area contributed by atoms with E-state index in [1.165, 1.54) is 25.7 Å². The van der Waals surface area contributed by atoms with Crippen molar-refractivity contribution in [1.29, 1.82) is 0 Å². The molecule has 0 spiro atoms. The minimum absolute atomic E-state index is 0.0459. The average molecular weight is 563 g/mol. The maximum absolute atomic E-state index is 14.3. The first-order valence-electron chi connectivity index (χ1n) is 13.8. The van der Waals surface area contributed by atoms with E-state index < -0.39 is 5.82 Å². The molecule has 1 aliphatic carbocycles. The molecule has 10 nitrogen and oxygen atoms in total. The van der Waals surface area contributed by atoms with E-state index in [-0.39, 0.29) is 11.8 Å². The number of fused-ring (bicyclic) bond motifs is 2. The Kier molecular flexibility index (Phi) is 6.54. The highest BCUT2D eigenvalue weighted by molar-refractivity contribution is 5.98. The molecular weight excluding hydrogens is 535 g/mol. The monoisotopic (exact) mass is 562 g/mol. The molecule has 1 amide bonds. The third kappa shape index (κ3) is 4.83. The van der Waals surface area contributed by atoms with Crippen LogP contribution in [0.4, 0.5) is 10.1 Å². The van der Waals surface area contributed by atoms with Crippen molar-refractivity contribution in [3.05, 3.63) is 67.1 Å². The van der Waals surface area contributed by atoms with Crippen LogP contribution in [0.15, 0.2) is 61.3 Å². The van der Waals surface area contributed by atoms with E-state index in [1.807, 2.05) is 12.1 Å². The van der Waals surface area contributed by atoms with Crippen molar-refractivity contribution in [2.75, 3.05) is 12.4 Å². The molecule has 0 atom stereocenters. The first-order valence-corrected chi connectivity index (χ1v) is 13.8. The zero-order chi connectivity index (χ0) is 28.6. The number of methoxy groups -OCH3 is 1. The molecule has 5 heterocycles. The van der Waals surface area contributed by atoms with E-state index in [1.54, 1.807) is 37.1 Å². The summed E-state index contributed by atoms with van der Waals surface area (Å²) in [7, 11) is 1.50. The highest BCUT2D eigenvalue weighted by Crippen LogP contribution is 2.34. The molecule has 0 unspecified atom stereocenters. The van der Waals surface area contributed by atoms with Gasteiger partial charge in [-0.05, 0) is 42.7 Å². The van der Waals surface area contributed by atoms with Crippen molar-refractivity contribution in [3.63, 3.8) is 0 Å². The van der Waals surface area contributed by atoms with Gasteiger partial charge in [-0.2, -0.15) is 5.10 Å². The fraction of sp³-hybridized carbons (Fsp3) is 0.226. The summed E-state index contributed by atoms with van der Waals surface area (Å²) in [5.74, 6) is 0.612. The van der Waals surface area contributed by atoms with Crippen LogP contribution in [0.5, 0.6) is 5.75 Å². The fourth-order valence-corrected chi connectivity index (χ4v) is 5.61. The second kappa shape index (κ2) is 10.7. The van der Waals surface area contributed by atoms with Gasteiger partial charge in [0, 0.05) is 40.9 Å². The number of nitrogens with one attached hydrogen (secondary N) is 3. The van der Waals surface area contributed by atoms with Crippen LogP contribution in [0, 0.1) is 11.7 Å². The SMILES string of the molecule is COc1cc(F)cc(-c2cncc3[nH]c(-c4n[nH]c5cnc(-c6cncc(NC(=O)C7CCCCC7)c6)cc45)nc23)c1. The van der Waals surface area contributed by atoms with Gasteiger partial charge in [-0.15, -0.1) is 0 Å². The van der Waals surface area contributed by atoms with Gasteiger partial charge in [0.1, 0.15) is 17.3 Å². The Balaban J connectivity index is 1.23. The molecule has 6 aromatic rings. The number of rotatable bonds is 6. The van der Waals surface area contributed by atoms with E-state index in [0.717, 1.165) is 42.1 Å². The lowest BCUT2D eigenvalue weighted by atomic mass is 9.88. The largest absolute Gasteiger partial charge is 0.497 e. The van der Waals surface area contributed by atoms with Crippen LogP contribution in [0.25, 0.3) is 55.8 Å². The minimum Gasteiger partial charge on any atom is -0.497 e. The number of nitrogens with zero attached hydrogens (tertiary/aromatic N) is 5. The van der Waals surface area contributed by atoms with Gasteiger partial charge in [0.05, 0.1) is 53.6 Å². The summed E-state index contributed by atoms with van der Waals surface area (Å²) in [4.78, 5) is 34.2. The second-order valence-electron chi connectivity index (χ2n) is 10.5. The molecule has 0 aliphatic heterocycles. The third-order valence-electron chi connectivity index (χ3n) is 7.76. The third-order valence-corrected chi connectivity index (χ3v) is 7.76. The molecule has 1 fully saturated rings. The number of aromatic nitrogens is 7. The lowest BCUT2D eigenvalue weighted by Gasteiger charge is -2.20. The van der Waals surface area contributed by atoms with Crippen molar-refractivity contribution in [2.45, 2.75) is 32.1 Å². The van der Waals surface area contributed by atoms with Crippen LogP contribution >= 0.6 is 0 Å². The first kappa shape index (κ1) is 25.8. The number of benzene rings is 1. The summed E-state index contributed by atoms with van der Waals surface area (Å²) in [5, 5.41) is 11.4. The molecule has 1 aromatic carbocycles. The van der Waals surface area contributed by atoms with Gasteiger partial charge >= 0.3 is 0 Å². The number of anilines is 1. The van der Waals surface area contributed by atoms with Gasteiger partial charge in [-0.1, -0.05) is 19.3 Å². The maximum atomic E-state index is 14.3. The number of aromatic amines is 2. The van der Waals surface area contributed by atoms with Gasteiger partial charge in [0.25, 0.3) is 0 Å². The lowest BCUT2D eigenvalue weighted by molar-refractivity contribution is -0.120. The molecular formula is C31H27FN8O2. The van der Waals surface area contributed by atoms with Crippen LogP contribution in [0.2, 0.25) is 0 Å². The Bertz CT molecular complexity index is 1940. The van der Waals surface area contributed by atoms with Crippen LogP contribution < -0.4 is 10.1 Å². The molecule has 0 radical (unpaired) electrons. The van der Waals surface area contributed by atoms with Crippen molar-refractivity contribution < 1.29 is 13.9 Å². The standard InChI is InChI=1S/C31H27FN8O2/c1-42-22-9-18(7-20(32)10-22)24-14-34-15-27-28(24)38-30(37-27)29-23-11-25(35-16-26(23)39-40-29)19-8-21(13-33-12-19)36-31(41)17-5-3-2-4-6-17/h7-17H,2-6H2,1H3,(H,36,41)(H,37,38)(H,39,40). The number of amides is 1. The Morgan fingerprint density at radius 3 is 2.67 bits per heavy atom. The predicted octanol–water partition coefficient (Wildman–Crippen LogP) is 6.29. The quantitative estimate of drug-likeness (QED) is 0.217. The minimum atomic E-state index is -0.414. The number of H-pyrrole nitrogens is 2. The summed E-state index contributed by atoms with van der Waals surface area (Å²) in [6.45, 7) is 0. The van der Waals surface area contributed by atoms with Crippen LogP contribution in [-0.2, 0) is 4.79 Å². The molecule has 3 N–H and O–H groups in total. The number of halogens is 1. The summed E-state index contributed by atoms with van der Waals surface area (Å²) >= 11 is 0. The van der Waals surface area contributed by atoms with Gasteiger partial charge in [0.2, 0.25) is 5.91 Å². The first-order chi connectivity index (χ1) is 20.6. The number of pyridine rings is 3. The summed E-state index contributed by atoms with van der Waals surface area (Å²) in [5.41, 5.74) is 5.99. The zero-order valence-electron chi connectivity index (χ0n) is 22.8. The molecule has 0 bridgehead atoms. The van der Waals surface area contributed by atoms with E-state index >= 15 is 0 Å². The van der Waals surface area contributed by atoms with Crippen molar-refractivity contribution in [1.82, 2.24) is 35.1 Å². The van der Waals surface area contributed by atoms with Gasteiger partial charge in [-0.25, -0.2) is 9.37 Å². The second-order valence-corrected chi connectivity index (χ2v) is 10.5. The Labute approximate surface area is 239 Å². The van der Waals surface area contributed by atoms with E-state index in [0.29, 0.717) is 50.8 Å². The van der Waals surface area contributed by atoms with Crippen LogP contribution in [0.3, 0.4) is 0 Å². The Hall–Kier alpha value is -5.19. The van der Waals surface area contributed by atoms with E-state index in [9.17, 15) is 9.18 Å². The maximum Gasteiger partial charge on any atom is 0.227 e. The van der Waals surface area contributed by atoms with Crippen molar-refractivity contribution in [2.24, 2.45) is 5.92 Å². The molecule has 0 saturated heterocycles. The molecule has 210 valence electrons. The molecule has 7 rings (SSSR count). The topological polar surface area (TPSA) is 134 Å². The summed E-state index contributed by atoms with van der Waals surface area (Å²) in [6.07, 6.45) is 13.6. The number of carbonyl (C=O) groups excluding carboxylic acids is 1. The highest BCUT2D eigenvalue weighted by Gasteiger charge is 2.22. The number of hydrogen-bond donors (Lipinski definition) is 3. The van der Waals surface area contributed by atoms with Crippen LogP contribution in [-0.4, -0.2) is 48.1 Å². The smallest absolute Gasteiger partial charge is 0.227 e. The molecule has 1 saturated carbocycles. The summed E-state index contributed by atoms with van der Waals surface area (Å²) < 4.78 is 19.5. The normalized spacial score (nSPS) is 14.0. The number of hydrogen-bond acceptors (Lipinski definition) is 7. The van der Waals surface area contributed by atoms with Crippen molar-refractivity contribution >= 4 is 33.5 Å². The van der Waals surface area contributed by atoms with Gasteiger partial charge in [-0.3, -0.25) is 24.8 Å². The van der Waals surface area contributed by atoms with Gasteiger partial charge < -0.3 is 15.0 Å².